The first-order chi connectivity index (χ1) is 6.63. The van der Waals surface area contributed by atoms with E-state index in [0.717, 1.165) is 18.8 Å². The molecule has 0 aliphatic heterocycles. The average Bonchev–Trinajstić information content (AvgIpc) is 2.62. The zero-order valence-electron chi connectivity index (χ0n) is 9.63. The predicted molar refractivity (Wildman–Crippen MR) is 61.2 cm³/mol. The Morgan fingerprint density at radius 2 is 2.21 bits per heavy atom. The summed E-state index contributed by atoms with van der Waals surface area (Å²) in [5, 5.41) is 9.97. The molecule has 3 unspecified atom stereocenters. The monoisotopic (exact) mass is 196 g/mol. The van der Waals surface area contributed by atoms with E-state index < -0.39 is 0 Å². The lowest BCUT2D eigenvalue weighted by molar-refractivity contribution is 0.0998. The lowest BCUT2D eigenvalue weighted by Gasteiger charge is -2.18. The molecule has 0 aromatic carbocycles. The zero-order chi connectivity index (χ0) is 10.6. The van der Waals surface area contributed by atoms with Gasteiger partial charge in [-0.25, -0.2) is 0 Å². The van der Waals surface area contributed by atoms with Crippen molar-refractivity contribution in [1.29, 1.82) is 0 Å². The molecular formula is C13H24O. The molecule has 0 heterocycles. The van der Waals surface area contributed by atoms with Gasteiger partial charge in [-0.05, 0) is 44.4 Å². The molecule has 1 heteroatoms. The quantitative estimate of drug-likeness (QED) is 0.667. The highest BCUT2D eigenvalue weighted by molar-refractivity contribution is 4.90. The second-order valence-electron chi connectivity index (χ2n) is 4.91. The van der Waals surface area contributed by atoms with Crippen molar-refractivity contribution >= 4 is 0 Å². The Labute approximate surface area is 88.2 Å². The van der Waals surface area contributed by atoms with E-state index in [1.807, 2.05) is 6.92 Å². The normalized spacial score (nSPS) is 29.1. The second kappa shape index (κ2) is 5.55. The van der Waals surface area contributed by atoms with E-state index in [1.54, 1.807) is 0 Å². The number of hydrogen-bond acceptors (Lipinski definition) is 1. The highest BCUT2D eigenvalue weighted by atomic mass is 16.3. The molecule has 1 saturated carbocycles. The van der Waals surface area contributed by atoms with E-state index in [9.17, 15) is 5.11 Å². The molecule has 0 radical (unpaired) electrons. The second-order valence-corrected chi connectivity index (χ2v) is 4.91. The van der Waals surface area contributed by atoms with Gasteiger partial charge in [-0.1, -0.05) is 25.3 Å². The van der Waals surface area contributed by atoms with Gasteiger partial charge in [0.1, 0.15) is 0 Å². The standard InChI is InChI=1S/C13H24O/c1-4-11-6-7-12(9-11)13(14)8-5-10(2)3/h11-14H,2,4-9H2,1,3H3. The van der Waals surface area contributed by atoms with Crippen LogP contribution in [0.4, 0.5) is 0 Å². The van der Waals surface area contributed by atoms with Crippen LogP contribution in [0.25, 0.3) is 0 Å². The maximum Gasteiger partial charge on any atom is 0.0571 e. The third-order valence-corrected chi connectivity index (χ3v) is 3.57. The molecular weight excluding hydrogens is 172 g/mol. The van der Waals surface area contributed by atoms with Crippen molar-refractivity contribution in [2.75, 3.05) is 0 Å². The summed E-state index contributed by atoms with van der Waals surface area (Å²) in [6.45, 7) is 8.17. The summed E-state index contributed by atoms with van der Waals surface area (Å²) in [4.78, 5) is 0. The van der Waals surface area contributed by atoms with Gasteiger partial charge >= 0.3 is 0 Å². The van der Waals surface area contributed by atoms with Crippen molar-refractivity contribution in [3.63, 3.8) is 0 Å². The molecule has 1 rings (SSSR count). The Morgan fingerprint density at radius 1 is 1.50 bits per heavy atom. The van der Waals surface area contributed by atoms with Crippen molar-refractivity contribution in [2.24, 2.45) is 11.8 Å². The molecule has 0 saturated heterocycles. The van der Waals surface area contributed by atoms with Gasteiger partial charge in [0, 0.05) is 0 Å². The summed E-state index contributed by atoms with van der Waals surface area (Å²) >= 11 is 0. The minimum absolute atomic E-state index is 0.0803. The molecule has 0 aromatic rings. The Balaban J connectivity index is 2.24. The summed E-state index contributed by atoms with van der Waals surface area (Å²) in [5.74, 6) is 1.44. The SMILES string of the molecule is C=C(C)CCC(O)C1CCC(CC)C1. The van der Waals surface area contributed by atoms with Gasteiger partial charge in [-0.3, -0.25) is 0 Å². The Morgan fingerprint density at radius 3 is 2.71 bits per heavy atom. The first kappa shape index (κ1) is 11.8. The Bertz CT molecular complexity index is 186. The van der Waals surface area contributed by atoms with Crippen LogP contribution >= 0.6 is 0 Å². The molecule has 1 N–H and O–H groups in total. The van der Waals surface area contributed by atoms with E-state index in [0.29, 0.717) is 5.92 Å². The number of hydrogen-bond donors (Lipinski definition) is 1. The van der Waals surface area contributed by atoms with E-state index in [2.05, 4.69) is 13.5 Å². The fourth-order valence-corrected chi connectivity index (χ4v) is 2.46. The third kappa shape index (κ3) is 3.45. The van der Waals surface area contributed by atoms with Gasteiger partial charge in [0.05, 0.1) is 6.10 Å². The summed E-state index contributed by atoms with van der Waals surface area (Å²) in [6.07, 6.45) is 6.90. The van der Waals surface area contributed by atoms with Crippen LogP contribution in [0.15, 0.2) is 12.2 Å². The fourth-order valence-electron chi connectivity index (χ4n) is 2.46. The van der Waals surface area contributed by atoms with Gasteiger partial charge in [0.15, 0.2) is 0 Å². The van der Waals surface area contributed by atoms with Crippen LogP contribution < -0.4 is 0 Å². The Hall–Kier alpha value is -0.300. The van der Waals surface area contributed by atoms with Gasteiger partial charge in [0.2, 0.25) is 0 Å². The van der Waals surface area contributed by atoms with Crippen LogP contribution in [0, 0.1) is 11.8 Å². The van der Waals surface area contributed by atoms with Crippen molar-refractivity contribution in [2.45, 2.75) is 58.5 Å². The molecule has 14 heavy (non-hydrogen) atoms. The van der Waals surface area contributed by atoms with Gasteiger partial charge in [-0.2, -0.15) is 0 Å². The molecule has 1 aliphatic rings. The summed E-state index contributed by atoms with van der Waals surface area (Å²) < 4.78 is 0. The molecule has 1 nitrogen and oxygen atoms in total. The maximum atomic E-state index is 9.97. The van der Waals surface area contributed by atoms with Crippen LogP contribution in [0.3, 0.4) is 0 Å². The first-order valence-corrected chi connectivity index (χ1v) is 5.96. The highest BCUT2D eigenvalue weighted by Gasteiger charge is 2.28. The molecule has 1 fully saturated rings. The van der Waals surface area contributed by atoms with Crippen molar-refractivity contribution in [1.82, 2.24) is 0 Å². The minimum atomic E-state index is -0.0803. The minimum Gasteiger partial charge on any atom is -0.393 e. The molecule has 0 aromatic heterocycles. The average molecular weight is 196 g/mol. The van der Waals surface area contributed by atoms with Crippen LogP contribution in [0.1, 0.15) is 52.4 Å². The van der Waals surface area contributed by atoms with Gasteiger partial charge < -0.3 is 5.11 Å². The van der Waals surface area contributed by atoms with Crippen LogP contribution in [-0.2, 0) is 0 Å². The van der Waals surface area contributed by atoms with E-state index in [4.69, 9.17) is 0 Å². The fraction of sp³-hybridized carbons (Fsp3) is 0.846. The molecule has 3 atom stereocenters. The Kier molecular flexibility index (Phi) is 4.67. The molecule has 0 spiro atoms. The van der Waals surface area contributed by atoms with Gasteiger partial charge in [0.25, 0.3) is 0 Å². The zero-order valence-corrected chi connectivity index (χ0v) is 9.63. The predicted octanol–water partition coefficient (Wildman–Crippen LogP) is 3.53. The number of rotatable bonds is 5. The van der Waals surface area contributed by atoms with E-state index >= 15 is 0 Å². The molecule has 0 bridgehead atoms. The highest BCUT2D eigenvalue weighted by Crippen LogP contribution is 2.36. The topological polar surface area (TPSA) is 20.2 Å². The van der Waals surface area contributed by atoms with Crippen molar-refractivity contribution < 1.29 is 5.11 Å². The largest absolute Gasteiger partial charge is 0.393 e. The van der Waals surface area contributed by atoms with Crippen molar-refractivity contribution in [3.8, 4) is 0 Å². The summed E-state index contributed by atoms with van der Waals surface area (Å²) in [6, 6.07) is 0. The number of aliphatic hydroxyl groups is 1. The molecule has 0 amide bonds. The lowest BCUT2D eigenvalue weighted by Crippen LogP contribution is -2.17. The number of allylic oxidation sites excluding steroid dienone is 1. The van der Waals surface area contributed by atoms with Gasteiger partial charge in [-0.15, -0.1) is 6.58 Å². The first-order valence-electron chi connectivity index (χ1n) is 5.96. The molecule has 1 aliphatic carbocycles. The molecule has 82 valence electrons. The summed E-state index contributed by atoms with van der Waals surface area (Å²) in [7, 11) is 0. The van der Waals surface area contributed by atoms with Crippen LogP contribution in [0.5, 0.6) is 0 Å². The number of aliphatic hydroxyl groups excluding tert-OH is 1. The van der Waals surface area contributed by atoms with E-state index in [1.165, 1.54) is 31.3 Å². The van der Waals surface area contributed by atoms with E-state index in [-0.39, 0.29) is 6.10 Å². The van der Waals surface area contributed by atoms with Crippen LogP contribution in [-0.4, -0.2) is 11.2 Å². The van der Waals surface area contributed by atoms with Crippen LogP contribution in [0.2, 0.25) is 0 Å². The third-order valence-electron chi connectivity index (χ3n) is 3.57. The lowest BCUT2D eigenvalue weighted by atomic mass is 9.94. The summed E-state index contributed by atoms with van der Waals surface area (Å²) in [5.41, 5.74) is 1.19. The van der Waals surface area contributed by atoms with Crippen molar-refractivity contribution in [3.05, 3.63) is 12.2 Å². The maximum absolute atomic E-state index is 9.97. The smallest absolute Gasteiger partial charge is 0.0571 e.